The minimum atomic E-state index is -0.540. The number of amides is 2. The molecule has 0 radical (unpaired) electrons. The molecule has 4 heterocycles. The number of aryl methyl sites for hydroxylation is 1. The Labute approximate surface area is 211 Å². The van der Waals surface area contributed by atoms with Gasteiger partial charge in [-0.05, 0) is 51.5 Å². The van der Waals surface area contributed by atoms with Crippen LogP contribution in [0.4, 0.5) is 16.3 Å². The van der Waals surface area contributed by atoms with Crippen molar-refractivity contribution in [3.8, 4) is 11.4 Å². The number of anilines is 2. The minimum Gasteiger partial charge on any atom is -0.377 e. The molecular weight excluding hydrogens is 458 g/mol. The van der Waals surface area contributed by atoms with Crippen molar-refractivity contribution in [2.24, 2.45) is 0 Å². The molecule has 0 aliphatic carbocycles. The zero-order chi connectivity index (χ0) is 25.1. The topological polar surface area (TPSA) is 106 Å². The Morgan fingerprint density at radius 3 is 2.81 bits per heavy atom. The van der Waals surface area contributed by atoms with Crippen molar-refractivity contribution < 1.29 is 14.3 Å². The van der Waals surface area contributed by atoms with Crippen molar-refractivity contribution in [1.29, 1.82) is 0 Å². The van der Waals surface area contributed by atoms with Gasteiger partial charge in [0.1, 0.15) is 11.4 Å². The fraction of sp³-hybridized carbons (Fsp3) is 0.462. The summed E-state index contributed by atoms with van der Waals surface area (Å²) in [6.45, 7) is 10.1. The zero-order valence-electron chi connectivity index (χ0n) is 21.0. The fourth-order valence-corrected chi connectivity index (χ4v) is 4.74. The molecule has 1 unspecified atom stereocenters. The van der Waals surface area contributed by atoms with Crippen LogP contribution >= 0.6 is 0 Å². The predicted octanol–water partition coefficient (Wildman–Crippen LogP) is 3.54. The molecule has 2 amide bonds. The number of fused-ring (bicyclic) bond motifs is 1. The molecule has 0 spiro atoms. The normalized spacial score (nSPS) is 21.3. The Bertz CT molecular complexity index is 1200. The zero-order valence-corrected chi connectivity index (χ0v) is 21.0. The summed E-state index contributed by atoms with van der Waals surface area (Å²) >= 11 is 0. The Morgan fingerprint density at radius 1 is 1.25 bits per heavy atom. The number of carbonyl (C=O) groups is 1. The maximum absolute atomic E-state index is 11.9. The molecule has 2 aromatic heterocycles. The largest absolute Gasteiger partial charge is 0.377 e. The van der Waals surface area contributed by atoms with Crippen molar-refractivity contribution in [2.75, 3.05) is 36.5 Å². The number of hydrogen-bond donors (Lipinski definition) is 2. The van der Waals surface area contributed by atoms with Gasteiger partial charge in [-0.1, -0.05) is 0 Å². The third kappa shape index (κ3) is 4.91. The van der Waals surface area contributed by atoms with Gasteiger partial charge in [-0.2, -0.15) is 0 Å². The van der Waals surface area contributed by atoms with Crippen molar-refractivity contribution in [3.05, 3.63) is 54.2 Å². The van der Waals surface area contributed by atoms with Crippen LogP contribution in [0.1, 0.15) is 38.4 Å². The molecule has 5 rings (SSSR count). The van der Waals surface area contributed by atoms with Gasteiger partial charge in [0.15, 0.2) is 5.82 Å². The lowest BCUT2D eigenvalue weighted by molar-refractivity contribution is -0.0345. The first-order valence-corrected chi connectivity index (χ1v) is 12.5. The molecule has 3 aromatic rings. The molecule has 1 saturated heterocycles. The van der Waals surface area contributed by atoms with Gasteiger partial charge in [0.2, 0.25) is 0 Å². The third-order valence-corrected chi connectivity index (χ3v) is 6.81. The van der Waals surface area contributed by atoms with Gasteiger partial charge in [-0.3, -0.25) is 0 Å². The van der Waals surface area contributed by atoms with Gasteiger partial charge in [0, 0.05) is 48.8 Å². The van der Waals surface area contributed by atoms with Crippen molar-refractivity contribution in [1.82, 2.24) is 24.8 Å². The number of rotatable bonds is 7. The first-order chi connectivity index (χ1) is 17.5. The van der Waals surface area contributed by atoms with Gasteiger partial charge in [0.05, 0.1) is 37.9 Å². The molecule has 2 N–H and O–H groups in total. The Balaban J connectivity index is 1.50. The second-order valence-electron chi connectivity index (χ2n) is 9.45. The fourth-order valence-electron chi connectivity index (χ4n) is 4.74. The summed E-state index contributed by atoms with van der Waals surface area (Å²) in [5, 5.41) is 5.57. The van der Waals surface area contributed by atoms with Crippen molar-refractivity contribution in [3.63, 3.8) is 0 Å². The van der Waals surface area contributed by atoms with Crippen molar-refractivity contribution in [2.45, 2.75) is 52.0 Å². The molecule has 0 bridgehead atoms. The van der Waals surface area contributed by atoms with Crippen LogP contribution in [0.15, 0.2) is 43.0 Å². The van der Waals surface area contributed by atoms with Gasteiger partial charge in [-0.25, -0.2) is 19.7 Å². The molecule has 36 heavy (non-hydrogen) atoms. The molecule has 1 aromatic carbocycles. The van der Waals surface area contributed by atoms with E-state index in [4.69, 9.17) is 19.4 Å². The maximum Gasteiger partial charge on any atom is 0.319 e. The third-order valence-electron chi connectivity index (χ3n) is 6.81. The van der Waals surface area contributed by atoms with E-state index >= 15 is 0 Å². The van der Waals surface area contributed by atoms with Crippen LogP contribution in [0.2, 0.25) is 0 Å². The minimum absolute atomic E-state index is 0.201. The molecular formula is C26H33N7O3. The molecule has 2 aliphatic rings. The van der Waals surface area contributed by atoms with Crippen LogP contribution in [0.3, 0.4) is 0 Å². The highest BCUT2D eigenvalue weighted by molar-refractivity contribution is 5.89. The molecule has 0 saturated carbocycles. The summed E-state index contributed by atoms with van der Waals surface area (Å²) < 4.78 is 14.1. The highest BCUT2D eigenvalue weighted by Gasteiger charge is 2.41. The van der Waals surface area contributed by atoms with Crippen LogP contribution in [-0.4, -0.2) is 57.9 Å². The number of urea groups is 1. The molecule has 10 heteroatoms. The van der Waals surface area contributed by atoms with Gasteiger partial charge in [-0.15, -0.1) is 0 Å². The van der Waals surface area contributed by atoms with Gasteiger partial charge in [0.25, 0.3) is 0 Å². The molecule has 2 aliphatic heterocycles. The van der Waals surface area contributed by atoms with Gasteiger partial charge < -0.3 is 29.6 Å². The lowest BCUT2D eigenvalue weighted by atomic mass is 9.95. The maximum atomic E-state index is 11.9. The number of imidazole rings is 1. The molecule has 10 nitrogen and oxygen atoms in total. The predicted molar refractivity (Wildman–Crippen MR) is 137 cm³/mol. The lowest BCUT2D eigenvalue weighted by Crippen LogP contribution is -2.44. The van der Waals surface area contributed by atoms with Crippen molar-refractivity contribution >= 4 is 17.5 Å². The summed E-state index contributed by atoms with van der Waals surface area (Å²) in [6, 6.07) is 7.59. The number of morpholine rings is 1. The second-order valence-corrected chi connectivity index (χ2v) is 9.45. The summed E-state index contributed by atoms with van der Waals surface area (Å²) in [5.41, 5.74) is 3.04. The summed E-state index contributed by atoms with van der Waals surface area (Å²) in [4.78, 5) is 28.5. The Hall–Kier alpha value is -3.50. The van der Waals surface area contributed by atoms with E-state index in [1.165, 1.54) is 0 Å². The summed E-state index contributed by atoms with van der Waals surface area (Å²) in [5.74, 6) is 1.56. The quantitative estimate of drug-likeness (QED) is 0.521. The van der Waals surface area contributed by atoms with E-state index in [0.717, 1.165) is 42.1 Å². The van der Waals surface area contributed by atoms with Gasteiger partial charge >= 0.3 is 6.03 Å². The van der Waals surface area contributed by atoms with Crippen LogP contribution in [-0.2, 0) is 28.2 Å². The van der Waals surface area contributed by atoms with E-state index in [1.54, 1.807) is 6.20 Å². The van der Waals surface area contributed by atoms with E-state index in [9.17, 15) is 4.79 Å². The summed E-state index contributed by atoms with van der Waals surface area (Å²) in [6.07, 6.45) is 6.33. The number of hydrogen-bond acceptors (Lipinski definition) is 7. The van der Waals surface area contributed by atoms with E-state index in [2.05, 4.69) is 38.9 Å². The number of carbonyl (C=O) groups excluding carboxylic acids is 1. The molecule has 2 atom stereocenters. The first kappa shape index (κ1) is 24.2. The number of ether oxygens (including phenoxy) is 2. The SMILES string of the molecule is CCNC(=O)Nc1ccc(-c2nc(N3CCOC[C@@H]3C)c3c(n2)C(C)(CCn2ccnc2)OC3)cc1. The second kappa shape index (κ2) is 10.2. The van der Waals surface area contributed by atoms with Crippen LogP contribution in [0, 0.1) is 0 Å². The van der Waals surface area contributed by atoms with E-state index in [1.807, 2.05) is 43.7 Å². The van der Waals surface area contributed by atoms with Crippen LogP contribution < -0.4 is 15.5 Å². The molecule has 190 valence electrons. The summed E-state index contributed by atoms with van der Waals surface area (Å²) in [7, 11) is 0. The Morgan fingerprint density at radius 2 is 2.08 bits per heavy atom. The Kier molecular flexibility index (Phi) is 6.88. The average molecular weight is 492 g/mol. The smallest absolute Gasteiger partial charge is 0.319 e. The van der Waals surface area contributed by atoms with E-state index in [0.29, 0.717) is 37.9 Å². The highest BCUT2D eigenvalue weighted by atomic mass is 16.5. The average Bonchev–Trinajstić information content (AvgIpc) is 3.52. The number of nitrogens with zero attached hydrogens (tertiary/aromatic N) is 5. The number of nitrogens with one attached hydrogen (secondary N) is 2. The number of aromatic nitrogens is 4. The van der Waals surface area contributed by atoms with Crippen LogP contribution in [0.5, 0.6) is 0 Å². The first-order valence-electron chi connectivity index (χ1n) is 12.5. The highest BCUT2D eigenvalue weighted by Crippen LogP contribution is 2.43. The van der Waals surface area contributed by atoms with Crippen LogP contribution in [0.25, 0.3) is 11.4 Å². The molecule has 1 fully saturated rings. The van der Waals surface area contributed by atoms with E-state index < -0.39 is 5.60 Å². The monoisotopic (exact) mass is 491 g/mol. The van der Waals surface area contributed by atoms with E-state index in [-0.39, 0.29) is 12.1 Å². The number of benzene rings is 1. The standard InChI is InChI=1S/C26H33N7O3/c1-4-28-25(34)29-20-7-5-19(6-8-20)23-30-22-21(24(31-23)33-13-14-35-15-18(33)2)16-36-26(22,3)9-11-32-12-10-27-17-32/h5-8,10,12,17-18H,4,9,11,13-16H2,1-3H3,(H2,28,29,34)/t18-,26?/m0/s1. The lowest BCUT2D eigenvalue weighted by Gasteiger charge is -2.35.